The molecule has 0 spiro atoms. The van der Waals surface area contributed by atoms with Crippen LogP contribution in [0.4, 0.5) is 0 Å². The first-order valence-corrected chi connectivity index (χ1v) is 11.2. The van der Waals surface area contributed by atoms with Crippen molar-refractivity contribution in [1.29, 1.82) is 0 Å². The van der Waals surface area contributed by atoms with Gasteiger partial charge in [0.15, 0.2) is 5.65 Å². The highest BCUT2D eigenvalue weighted by molar-refractivity contribution is 5.96. The van der Waals surface area contributed by atoms with Crippen molar-refractivity contribution in [2.45, 2.75) is 69.9 Å². The summed E-state index contributed by atoms with van der Waals surface area (Å²) in [6.45, 7) is 4.19. The topological polar surface area (TPSA) is 54.3 Å². The number of hydrogen-bond acceptors (Lipinski definition) is 4. The lowest BCUT2D eigenvalue weighted by molar-refractivity contribution is 0.0589. The van der Waals surface area contributed by atoms with Crippen molar-refractivity contribution in [3.63, 3.8) is 0 Å². The number of hydrogen-bond donors (Lipinski definition) is 0. The second kappa shape index (κ2) is 7.82. The lowest BCUT2D eigenvalue weighted by Crippen LogP contribution is -2.48. The van der Waals surface area contributed by atoms with Crippen LogP contribution in [0.25, 0.3) is 11.2 Å². The molecule has 2 saturated heterocycles. The van der Waals surface area contributed by atoms with Gasteiger partial charge >= 0.3 is 0 Å². The third-order valence-corrected chi connectivity index (χ3v) is 7.04. The Labute approximate surface area is 166 Å². The molecule has 2 aliphatic heterocycles. The Balaban J connectivity index is 1.26. The summed E-state index contributed by atoms with van der Waals surface area (Å²) >= 11 is 0. The largest absolute Gasteiger partial charge is 0.338 e. The highest BCUT2D eigenvalue weighted by Crippen LogP contribution is 2.31. The molecule has 6 nitrogen and oxygen atoms in total. The van der Waals surface area contributed by atoms with Crippen molar-refractivity contribution in [2.75, 3.05) is 26.2 Å². The number of likely N-dealkylation sites (tertiary alicyclic amines) is 2. The lowest BCUT2D eigenvalue weighted by atomic mass is 9.99. The number of piperidine rings is 2. The molecule has 2 aromatic rings. The van der Waals surface area contributed by atoms with Crippen molar-refractivity contribution in [2.24, 2.45) is 0 Å². The van der Waals surface area contributed by atoms with E-state index in [4.69, 9.17) is 0 Å². The van der Waals surface area contributed by atoms with Crippen LogP contribution in [-0.4, -0.2) is 62.5 Å². The second-order valence-corrected chi connectivity index (χ2v) is 8.78. The minimum absolute atomic E-state index is 0.113. The maximum atomic E-state index is 13.0. The van der Waals surface area contributed by atoms with Gasteiger partial charge in [0.25, 0.3) is 5.91 Å². The van der Waals surface area contributed by atoms with Crippen molar-refractivity contribution in [1.82, 2.24) is 24.3 Å². The summed E-state index contributed by atoms with van der Waals surface area (Å²) in [6, 6.07) is 3.12. The Morgan fingerprint density at radius 3 is 2.36 bits per heavy atom. The Bertz CT molecular complexity index is 827. The molecule has 0 bridgehead atoms. The summed E-state index contributed by atoms with van der Waals surface area (Å²) in [5.74, 6) is 0.113. The Morgan fingerprint density at radius 1 is 0.857 bits per heavy atom. The van der Waals surface area contributed by atoms with E-state index < -0.39 is 0 Å². The van der Waals surface area contributed by atoms with Crippen LogP contribution < -0.4 is 0 Å². The van der Waals surface area contributed by atoms with Crippen LogP contribution in [0.5, 0.6) is 0 Å². The Morgan fingerprint density at radius 2 is 1.61 bits per heavy atom. The van der Waals surface area contributed by atoms with Gasteiger partial charge in [0.05, 0.1) is 11.9 Å². The molecule has 0 N–H and O–H groups in total. The molecule has 2 aromatic heterocycles. The van der Waals surface area contributed by atoms with E-state index in [1.807, 2.05) is 17.3 Å². The number of pyridine rings is 1. The van der Waals surface area contributed by atoms with Gasteiger partial charge in [-0.1, -0.05) is 19.3 Å². The number of rotatable bonds is 3. The third-order valence-electron chi connectivity index (χ3n) is 7.04. The van der Waals surface area contributed by atoms with Crippen molar-refractivity contribution < 1.29 is 4.79 Å². The van der Waals surface area contributed by atoms with Gasteiger partial charge in [-0.25, -0.2) is 9.97 Å². The molecule has 3 aliphatic rings. The van der Waals surface area contributed by atoms with Gasteiger partial charge < -0.3 is 14.4 Å². The van der Waals surface area contributed by atoms with E-state index in [-0.39, 0.29) is 5.91 Å². The van der Waals surface area contributed by atoms with E-state index in [9.17, 15) is 4.79 Å². The second-order valence-electron chi connectivity index (χ2n) is 8.78. The minimum Gasteiger partial charge on any atom is -0.338 e. The van der Waals surface area contributed by atoms with E-state index in [1.165, 1.54) is 58.0 Å². The molecule has 0 unspecified atom stereocenters. The highest BCUT2D eigenvalue weighted by Gasteiger charge is 2.28. The van der Waals surface area contributed by atoms with Crippen LogP contribution in [-0.2, 0) is 0 Å². The average molecular weight is 382 g/mol. The van der Waals surface area contributed by atoms with E-state index in [0.29, 0.717) is 17.6 Å². The maximum Gasteiger partial charge on any atom is 0.255 e. The minimum atomic E-state index is 0.113. The molecular formula is C22H31N5O. The summed E-state index contributed by atoms with van der Waals surface area (Å²) < 4.78 is 2.21. The fourth-order valence-corrected chi connectivity index (χ4v) is 5.39. The summed E-state index contributed by atoms with van der Waals surface area (Å²) in [6.07, 6.45) is 14.9. The SMILES string of the molecule is O=C(c1cnc2c(c1)ncn2C1CCCC1)N1CCC(N2CCCCC2)CC1. The fraction of sp³-hybridized carbons (Fsp3) is 0.682. The summed E-state index contributed by atoms with van der Waals surface area (Å²) in [7, 11) is 0. The predicted octanol–water partition coefficient (Wildman–Crippen LogP) is 3.64. The molecule has 0 aromatic carbocycles. The molecule has 3 fully saturated rings. The summed E-state index contributed by atoms with van der Waals surface area (Å²) in [5.41, 5.74) is 2.45. The van der Waals surface area contributed by atoms with E-state index >= 15 is 0 Å². The smallest absolute Gasteiger partial charge is 0.255 e. The number of carbonyl (C=O) groups excluding carboxylic acids is 1. The number of carbonyl (C=O) groups is 1. The number of aromatic nitrogens is 3. The van der Waals surface area contributed by atoms with Gasteiger partial charge in [0.2, 0.25) is 0 Å². The van der Waals surface area contributed by atoms with Crippen LogP contribution >= 0.6 is 0 Å². The lowest BCUT2D eigenvalue weighted by Gasteiger charge is -2.40. The molecule has 0 atom stereocenters. The van der Waals surface area contributed by atoms with E-state index in [2.05, 4.69) is 19.4 Å². The standard InChI is InChI=1S/C22H31N5O/c28-22(26-12-8-18(9-13-26)25-10-4-1-5-11-25)17-14-20-21(23-15-17)27(16-24-20)19-6-2-3-7-19/h14-16,18-19H,1-13H2. The van der Waals surface area contributed by atoms with Crippen molar-refractivity contribution in [3.05, 3.63) is 24.2 Å². The normalized spacial score (nSPS) is 22.9. The highest BCUT2D eigenvalue weighted by atomic mass is 16.2. The molecule has 1 amide bonds. The van der Waals surface area contributed by atoms with Crippen molar-refractivity contribution in [3.8, 4) is 0 Å². The predicted molar refractivity (Wildman–Crippen MR) is 109 cm³/mol. The van der Waals surface area contributed by atoms with Gasteiger partial charge in [-0.3, -0.25) is 4.79 Å². The molecule has 5 rings (SSSR count). The van der Waals surface area contributed by atoms with Crippen molar-refractivity contribution >= 4 is 17.1 Å². The zero-order chi connectivity index (χ0) is 18.9. The average Bonchev–Trinajstić information content (AvgIpc) is 3.43. The molecule has 4 heterocycles. The zero-order valence-electron chi connectivity index (χ0n) is 16.7. The molecular weight excluding hydrogens is 350 g/mol. The molecule has 150 valence electrons. The maximum absolute atomic E-state index is 13.0. The van der Waals surface area contributed by atoms with Gasteiger partial charge in [-0.2, -0.15) is 0 Å². The molecule has 0 radical (unpaired) electrons. The molecule has 28 heavy (non-hydrogen) atoms. The molecule has 1 aliphatic carbocycles. The monoisotopic (exact) mass is 381 g/mol. The van der Waals surface area contributed by atoms with Crippen LogP contribution in [0.1, 0.15) is 74.2 Å². The Kier molecular flexibility index (Phi) is 5.05. The Hall–Kier alpha value is -1.95. The number of nitrogens with zero attached hydrogens (tertiary/aromatic N) is 5. The van der Waals surface area contributed by atoms with Crippen LogP contribution in [0.3, 0.4) is 0 Å². The number of fused-ring (bicyclic) bond motifs is 1. The van der Waals surface area contributed by atoms with E-state index in [1.54, 1.807) is 6.20 Å². The third kappa shape index (κ3) is 3.43. The van der Waals surface area contributed by atoms with Gasteiger partial charge in [0, 0.05) is 31.4 Å². The number of imidazole rings is 1. The van der Waals surface area contributed by atoms with Crippen LogP contribution in [0.15, 0.2) is 18.6 Å². The van der Waals surface area contributed by atoms with Gasteiger partial charge in [-0.15, -0.1) is 0 Å². The zero-order valence-corrected chi connectivity index (χ0v) is 16.7. The molecule has 1 saturated carbocycles. The number of amides is 1. The fourth-order valence-electron chi connectivity index (χ4n) is 5.39. The first kappa shape index (κ1) is 18.1. The quantitative estimate of drug-likeness (QED) is 0.815. The first-order chi connectivity index (χ1) is 13.8. The van der Waals surface area contributed by atoms with E-state index in [0.717, 1.165) is 37.1 Å². The first-order valence-electron chi connectivity index (χ1n) is 11.2. The van der Waals surface area contributed by atoms with Gasteiger partial charge in [-0.05, 0) is 57.7 Å². The van der Waals surface area contributed by atoms with Crippen LogP contribution in [0.2, 0.25) is 0 Å². The summed E-state index contributed by atoms with van der Waals surface area (Å²) in [4.78, 5) is 26.9. The van der Waals surface area contributed by atoms with Crippen LogP contribution in [0, 0.1) is 0 Å². The van der Waals surface area contributed by atoms with Gasteiger partial charge in [0.1, 0.15) is 5.52 Å². The summed E-state index contributed by atoms with van der Waals surface area (Å²) in [5, 5.41) is 0. The molecule has 6 heteroatoms.